The van der Waals surface area contributed by atoms with Crippen LogP contribution >= 0.6 is 0 Å². The standard InChI is InChI=1S/C9H12O4/c1-2-5-3-4-6(9(12)13)8(11)7(5)10/h3-4,7-8,10-11H,2H2,1H3,(H,12,13)/t7-,8+/m0/s1. The van der Waals surface area contributed by atoms with Crippen LogP contribution in [0.5, 0.6) is 0 Å². The molecule has 4 nitrogen and oxygen atoms in total. The van der Waals surface area contributed by atoms with Gasteiger partial charge in [0.15, 0.2) is 0 Å². The molecule has 0 fully saturated rings. The van der Waals surface area contributed by atoms with Gasteiger partial charge in [-0.15, -0.1) is 0 Å². The van der Waals surface area contributed by atoms with E-state index in [0.717, 1.165) is 0 Å². The summed E-state index contributed by atoms with van der Waals surface area (Å²) in [6, 6.07) is 0. The highest BCUT2D eigenvalue weighted by Crippen LogP contribution is 2.21. The molecule has 1 rings (SSSR count). The average Bonchev–Trinajstić information content (AvgIpc) is 2.09. The summed E-state index contributed by atoms with van der Waals surface area (Å²) in [4.78, 5) is 10.5. The summed E-state index contributed by atoms with van der Waals surface area (Å²) in [7, 11) is 0. The lowest BCUT2D eigenvalue weighted by Gasteiger charge is -2.23. The first kappa shape index (κ1) is 9.95. The van der Waals surface area contributed by atoms with Crippen molar-refractivity contribution < 1.29 is 20.1 Å². The maximum Gasteiger partial charge on any atom is 0.334 e. The molecule has 0 aliphatic heterocycles. The fraction of sp³-hybridized carbons (Fsp3) is 0.444. The molecule has 0 unspecified atom stereocenters. The summed E-state index contributed by atoms with van der Waals surface area (Å²) in [5.74, 6) is -1.20. The molecule has 1 aliphatic carbocycles. The molecular weight excluding hydrogens is 172 g/mol. The summed E-state index contributed by atoms with van der Waals surface area (Å²) in [5.41, 5.74) is 0.488. The number of carboxylic acids is 1. The Morgan fingerprint density at radius 1 is 1.38 bits per heavy atom. The van der Waals surface area contributed by atoms with Crippen molar-refractivity contribution in [3.8, 4) is 0 Å². The Hall–Kier alpha value is -1.13. The Labute approximate surface area is 75.8 Å². The molecule has 0 radical (unpaired) electrons. The minimum atomic E-state index is -1.31. The summed E-state index contributed by atoms with van der Waals surface area (Å²) in [5, 5.41) is 27.4. The van der Waals surface area contributed by atoms with Crippen LogP contribution in [0, 0.1) is 0 Å². The maximum absolute atomic E-state index is 10.5. The molecule has 4 heteroatoms. The quantitative estimate of drug-likeness (QED) is 0.567. The van der Waals surface area contributed by atoms with E-state index in [-0.39, 0.29) is 5.57 Å². The molecule has 1 aliphatic rings. The van der Waals surface area contributed by atoms with Crippen molar-refractivity contribution in [3.05, 3.63) is 23.3 Å². The van der Waals surface area contributed by atoms with Gasteiger partial charge in [0.05, 0.1) is 5.57 Å². The molecule has 0 saturated heterocycles. The number of hydrogen-bond acceptors (Lipinski definition) is 3. The van der Waals surface area contributed by atoms with Crippen molar-refractivity contribution >= 4 is 5.97 Å². The van der Waals surface area contributed by atoms with Gasteiger partial charge in [-0.3, -0.25) is 0 Å². The fourth-order valence-corrected chi connectivity index (χ4v) is 1.29. The van der Waals surface area contributed by atoms with E-state index in [4.69, 9.17) is 5.11 Å². The second-order valence-corrected chi connectivity index (χ2v) is 2.91. The molecule has 0 aromatic carbocycles. The summed E-state index contributed by atoms with van der Waals surface area (Å²) in [6.45, 7) is 1.83. The molecule has 0 spiro atoms. The molecule has 0 bridgehead atoms. The molecule has 72 valence electrons. The molecule has 0 aromatic heterocycles. The van der Waals surface area contributed by atoms with Gasteiger partial charge in [-0.05, 0) is 18.1 Å². The van der Waals surface area contributed by atoms with Crippen molar-refractivity contribution in [2.75, 3.05) is 0 Å². The highest BCUT2D eigenvalue weighted by molar-refractivity contribution is 5.88. The van der Waals surface area contributed by atoms with Crippen LogP contribution in [0.1, 0.15) is 13.3 Å². The van der Waals surface area contributed by atoms with Gasteiger partial charge in [-0.1, -0.05) is 13.0 Å². The molecule has 2 atom stereocenters. The zero-order valence-electron chi connectivity index (χ0n) is 7.27. The molecular formula is C9H12O4. The van der Waals surface area contributed by atoms with E-state index < -0.39 is 18.2 Å². The van der Waals surface area contributed by atoms with E-state index in [1.807, 2.05) is 6.92 Å². The molecule has 13 heavy (non-hydrogen) atoms. The number of aliphatic carboxylic acids is 1. The van der Waals surface area contributed by atoms with Crippen LogP contribution in [-0.2, 0) is 4.79 Å². The third-order valence-corrected chi connectivity index (χ3v) is 2.13. The number of aliphatic hydroxyl groups excluding tert-OH is 2. The fourth-order valence-electron chi connectivity index (χ4n) is 1.29. The van der Waals surface area contributed by atoms with Crippen LogP contribution in [-0.4, -0.2) is 33.5 Å². The van der Waals surface area contributed by atoms with E-state index in [1.165, 1.54) is 6.08 Å². The van der Waals surface area contributed by atoms with Gasteiger partial charge in [0.1, 0.15) is 12.2 Å². The number of carbonyl (C=O) groups is 1. The van der Waals surface area contributed by atoms with Crippen LogP contribution in [0.25, 0.3) is 0 Å². The Morgan fingerprint density at radius 2 is 2.00 bits per heavy atom. The maximum atomic E-state index is 10.5. The van der Waals surface area contributed by atoms with Gasteiger partial charge in [0.2, 0.25) is 0 Å². The first-order chi connectivity index (χ1) is 6.07. The first-order valence-corrected chi connectivity index (χ1v) is 4.08. The first-order valence-electron chi connectivity index (χ1n) is 4.08. The van der Waals surface area contributed by atoms with Gasteiger partial charge in [0, 0.05) is 0 Å². The van der Waals surface area contributed by atoms with Gasteiger partial charge < -0.3 is 15.3 Å². The minimum absolute atomic E-state index is 0.162. The van der Waals surface area contributed by atoms with Crippen molar-refractivity contribution in [1.29, 1.82) is 0 Å². The summed E-state index contributed by atoms with van der Waals surface area (Å²) < 4.78 is 0. The molecule has 3 N–H and O–H groups in total. The van der Waals surface area contributed by atoms with E-state index in [0.29, 0.717) is 12.0 Å². The lowest BCUT2D eigenvalue weighted by molar-refractivity contribution is -0.134. The van der Waals surface area contributed by atoms with E-state index in [1.54, 1.807) is 6.08 Å². The van der Waals surface area contributed by atoms with Gasteiger partial charge in [-0.25, -0.2) is 4.79 Å². The minimum Gasteiger partial charge on any atom is -0.478 e. The largest absolute Gasteiger partial charge is 0.478 e. The molecule has 0 heterocycles. The van der Waals surface area contributed by atoms with Crippen molar-refractivity contribution in [2.24, 2.45) is 0 Å². The highest BCUT2D eigenvalue weighted by atomic mass is 16.4. The zero-order chi connectivity index (χ0) is 10.0. The van der Waals surface area contributed by atoms with Gasteiger partial charge in [-0.2, -0.15) is 0 Å². The van der Waals surface area contributed by atoms with Crippen LogP contribution in [0.3, 0.4) is 0 Å². The second kappa shape index (κ2) is 3.72. The number of aliphatic hydroxyl groups is 2. The van der Waals surface area contributed by atoms with E-state index in [9.17, 15) is 15.0 Å². The normalized spacial score (nSPS) is 27.9. The monoisotopic (exact) mass is 184 g/mol. The van der Waals surface area contributed by atoms with Crippen molar-refractivity contribution in [2.45, 2.75) is 25.6 Å². The second-order valence-electron chi connectivity index (χ2n) is 2.91. The highest BCUT2D eigenvalue weighted by Gasteiger charge is 2.29. The summed E-state index contributed by atoms with van der Waals surface area (Å²) >= 11 is 0. The predicted molar refractivity (Wildman–Crippen MR) is 46.1 cm³/mol. The van der Waals surface area contributed by atoms with Gasteiger partial charge in [0.25, 0.3) is 0 Å². The zero-order valence-corrected chi connectivity index (χ0v) is 7.27. The third kappa shape index (κ3) is 1.79. The smallest absolute Gasteiger partial charge is 0.334 e. The summed E-state index contributed by atoms with van der Waals surface area (Å²) in [6.07, 6.45) is 1.08. The Kier molecular flexibility index (Phi) is 2.85. The molecule has 0 amide bonds. The number of allylic oxidation sites excluding steroid dienone is 2. The van der Waals surface area contributed by atoms with E-state index >= 15 is 0 Å². The number of carboxylic acid groups (broad SMARTS) is 1. The lowest BCUT2D eigenvalue weighted by Crippen LogP contribution is -2.34. The topological polar surface area (TPSA) is 77.8 Å². The van der Waals surface area contributed by atoms with Crippen LogP contribution < -0.4 is 0 Å². The number of hydrogen-bond donors (Lipinski definition) is 3. The van der Waals surface area contributed by atoms with Crippen LogP contribution in [0.15, 0.2) is 23.3 Å². The van der Waals surface area contributed by atoms with Crippen molar-refractivity contribution in [3.63, 3.8) is 0 Å². The Morgan fingerprint density at radius 3 is 2.46 bits per heavy atom. The van der Waals surface area contributed by atoms with Crippen LogP contribution in [0.4, 0.5) is 0 Å². The third-order valence-electron chi connectivity index (χ3n) is 2.13. The number of rotatable bonds is 2. The van der Waals surface area contributed by atoms with E-state index in [2.05, 4.69) is 0 Å². The molecule has 0 aromatic rings. The Bertz CT molecular complexity index is 277. The van der Waals surface area contributed by atoms with Crippen molar-refractivity contribution in [1.82, 2.24) is 0 Å². The predicted octanol–water partition coefficient (Wildman–Crippen LogP) is 0.0692. The molecule has 0 saturated carbocycles. The van der Waals surface area contributed by atoms with Gasteiger partial charge >= 0.3 is 5.97 Å². The SMILES string of the molecule is CCC1=CC=C(C(=O)O)[C@@H](O)[C@H]1O. The Balaban J connectivity index is 2.97. The lowest BCUT2D eigenvalue weighted by atomic mass is 9.91. The van der Waals surface area contributed by atoms with Crippen LogP contribution in [0.2, 0.25) is 0 Å². The average molecular weight is 184 g/mol.